The molecule has 0 saturated carbocycles. The molecule has 1 saturated heterocycles. The smallest absolute Gasteiger partial charge is 0.274 e. The average Bonchev–Trinajstić information content (AvgIpc) is 2.94. The Bertz CT molecular complexity index is 936. The minimum Gasteiger partial charge on any atom is -0.495 e. The van der Waals surface area contributed by atoms with Gasteiger partial charge in [0.15, 0.2) is 9.84 Å². The van der Waals surface area contributed by atoms with Gasteiger partial charge in [0.25, 0.3) is 5.91 Å². The Morgan fingerprint density at radius 1 is 1.31 bits per heavy atom. The van der Waals surface area contributed by atoms with Gasteiger partial charge >= 0.3 is 0 Å². The summed E-state index contributed by atoms with van der Waals surface area (Å²) in [6.07, 6.45) is 1.76. The zero-order valence-electron chi connectivity index (χ0n) is 13.9. The quantitative estimate of drug-likeness (QED) is 0.795. The van der Waals surface area contributed by atoms with Crippen molar-refractivity contribution in [2.24, 2.45) is 0 Å². The first-order chi connectivity index (χ1) is 12.4. The van der Waals surface area contributed by atoms with Gasteiger partial charge in [-0.25, -0.2) is 18.4 Å². The predicted octanol–water partition coefficient (Wildman–Crippen LogP) is 1.99. The lowest BCUT2D eigenvalue weighted by molar-refractivity contribution is 0.102. The first kappa shape index (κ1) is 18.4. The fourth-order valence-electron chi connectivity index (χ4n) is 2.62. The summed E-state index contributed by atoms with van der Waals surface area (Å²) in [5, 5.41) is 6.10. The molecule has 0 spiro atoms. The lowest BCUT2D eigenvalue weighted by atomic mass is 10.2. The molecule has 2 N–H and O–H groups in total. The van der Waals surface area contributed by atoms with Crippen LogP contribution in [-0.2, 0) is 9.84 Å². The highest BCUT2D eigenvalue weighted by atomic mass is 35.5. The second-order valence-electron chi connectivity index (χ2n) is 5.84. The third-order valence-corrected chi connectivity index (χ3v) is 5.96. The number of hydrogen-bond donors (Lipinski definition) is 2. The summed E-state index contributed by atoms with van der Waals surface area (Å²) < 4.78 is 28.1. The van der Waals surface area contributed by atoms with Crippen molar-refractivity contribution >= 4 is 38.9 Å². The average molecular weight is 397 g/mol. The van der Waals surface area contributed by atoms with Gasteiger partial charge in [-0.1, -0.05) is 11.6 Å². The number of nitrogens with zero attached hydrogens (tertiary/aromatic N) is 2. The molecular formula is C16H17ClN4O4S. The summed E-state index contributed by atoms with van der Waals surface area (Å²) in [7, 11) is -1.50. The van der Waals surface area contributed by atoms with Crippen molar-refractivity contribution in [3.05, 3.63) is 41.3 Å². The van der Waals surface area contributed by atoms with E-state index >= 15 is 0 Å². The molecule has 1 aromatic carbocycles. The molecule has 138 valence electrons. The molecule has 1 amide bonds. The van der Waals surface area contributed by atoms with Crippen LogP contribution >= 0.6 is 11.6 Å². The largest absolute Gasteiger partial charge is 0.495 e. The number of halogens is 1. The maximum absolute atomic E-state index is 12.4. The Balaban J connectivity index is 1.69. The lowest BCUT2D eigenvalue weighted by Gasteiger charge is -2.12. The van der Waals surface area contributed by atoms with E-state index in [2.05, 4.69) is 20.6 Å². The molecular weight excluding hydrogens is 380 g/mol. The molecule has 26 heavy (non-hydrogen) atoms. The van der Waals surface area contributed by atoms with Crippen LogP contribution in [0.2, 0.25) is 5.02 Å². The highest BCUT2D eigenvalue weighted by Gasteiger charge is 2.28. The van der Waals surface area contributed by atoms with E-state index in [1.165, 1.54) is 19.5 Å². The van der Waals surface area contributed by atoms with Gasteiger partial charge in [-0.05, 0) is 24.6 Å². The van der Waals surface area contributed by atoms with Gasteiger partial charge in [0.1, 0.15) is 23.6 Å². The first-order valence-corrected chi connectivity index (χ1v) is 10.00. The van der Waals surface area contributed by atoms with Crippen molar-refractivity contribution in [1.29, 1.82) is 0 Å². The minimum atomic E-state index is -3.00. The van der Waals surface area contributed by atoms with Gasteiger partial charge in [0.2, 0.25) is 0 Å². The standard InChI is InChI=1S/C16H17ClN4O4S/c1-25-14-3-2-10(6-12(14)17)21-16(22)13-7-15(19-9-18-13)20-11-4-5-26(23,24)8-11/h2-3,6-7,9,11H,4-5,8H2,1H3,(H,21,22)(H,18,19,20). The van der Waals surface area contributed by atoms with Crippen LogP contribution in [0.3, 0.4) is 0 Å². The van der Waals surface area contributed by atoms with E-state index in [1.54, 1.807) is 18.2 Å². The second kappa shape index (κ2) is 7.46. The number of nitrogens with one attached hydrogen (secondary N) is 2. The summed E-state index contributed by atoms with van der Waals surface area (Å²) in [6.45, 7) is 0. The summed E-state index contributed by atoms with van der Waals surface area (Å²) in [6, 6.07) is 6.14. The Kier molecular flexibility index (Phi) is 5.28. The highest BCUT2D eigenvalue weighted by molar-refractivity contribution is 7.91. The van der Waals surface area contributed by atoms with Crippen LogP contribution in [0.5, 0.6) is 5.75 Å². The fraction of sp³-hybridized carbons (Fsp3) is 0.312. The van der Waals surface area contributed by atoms with Crippen molar-refractivity contribution in [1.82, 2.24) is 9.97 Å². The molecule has 3 rings (SSSR count). The molecule has 1 fully saturated rings. The zero-order chi connectivity index (χ0) is 18.7. The number of carbonyl (C=O) groups excluding carboxylic acids is 1. The Morgan fingerprint density at radius 2 is 2.12 bits per heavy atom. The number of carbonyl (C=O) groups is 1. The van der Waals surface area contributed by atoms with E-state index in [-0.39, 0.29) is 23.2 Å². The first-order valence-electron chi connectivity index (χ1n) is 7.80. The monoisotopic (exact) mass is 396 g/mol. The Morgan fingerprint density at radius 3 is 2.77 bits per heavy atom. The van der Waals surface area contributed by atoms with Crippen molar-refractivity contribution < 1.29 is 17.9 Å². The minimum absolute atomic E-state index is 0.0584. The molecule has 10 heteroatoms. The maximum atomic E-state index is 12.4. The van der Waals surface area contributed by atoms with Crippen molar-refractivity contribution in [2.45, 2.75) is 12.5 Å². The number of sulfone groups is 1. The van der Waals surface area contributed by atoms with Gasteiger partial charge in [0, 0.05) is 17.8 Å². The number of ether oxygens (including phenoxy) is 1. The highest BCUT2D eigenvalue weighted by Crippen LogP contribution is 2.27. The normalized spacial score (nSPS) is 18.3. The van der Waals surface area contributed by atoms with Gasteiger partial charge in [-0.15, -0.1) is 0 Å². The SMILES string of the molecule is COc1ccc(NC(=O)c2cc(NC3CCS(=O)(=O)C3)ncn2)cc1Cl. The van der Waals surface area contributed by atoms with Crippen molar-refractivity contribution in [3.8, 4) is 5.75 Å². The fourth-order valence-corrected chi connectivity index (χ4v) is 4.55. The zero-order valence-corrected chi connectivity index (χ0v) is 15.5. The van der Waals surface area contributed by atoms with Crippen LogP contribution in [0, 0.1) is 0 Å². The molecule has 1 unspecified atom stereocenters. The molecule has 0 bridgehead atoms. The lowest BCUT2D eigenvalue weighted by Crippen LogP contribution is -2.22. The van der Waals surface area contributed by atoms with E-state index in [4.69, 9.17) is 16.3 Å². The van der Waals surface area contributed by atoms with Gasteiger partial charge < -0.3 is 15.4 Å². The molecule has 2 heterocycles. The van der Waals surface area contributed by atoms with E-state index in [1.807, 2.05) is 0 Å². The summed E-state index contributed by atoms with van der Waals surface area (Å²) >= 11 is 6.04. The number of rotatable bonds is 5. The van der Waals surface area contributed by atoms with E-state index in [9.17, 15) is 13.2 Å². The van der Waals surface area contributed by atoms with Gasteiger partial charge in [0.05, 0.1) is 23.6 Å². The van der Waals surface area contributed by atoms with Gasteiger partial charge in [-0.3, -0.25) is 4.79 Å². The second-order valence-corrected chi connectivity index (χ2v) is 8.47. The third kappa shape index (κ3) is 4.41. The van der Waals surface area contributed by atoms with Crippen molar-refractivity contribution in [3.63, 3.8) is 0 Å². The van der Waals surface area contributed by atoms with Crippen molar-refractivity contribution in [2.75, 3.05) is 29.2 Å². The number of amides is 1. The molecule has 1 aliphatic heterocycles. The number of aromatic nitrogens is 2. The van der Waals surface area contributed by atoms with E-state index < -0.39 is 15.7 Å². The number of benzene rings is 1. The Labute approximate surface area is 155 Å². The topological polar surface area (TPSA) is 110 Å². The van der Waals surface area contributed by atoms with Crippen LogP contribution in [0.25, 0.3) is 0 Å². The number of methoxy groups -OCH3 is 1. The summed E-state index contributed by atoms with van der Waals surface area (Å²) in [5.74, 6) is 0.685. The predicted molar refractivity (Wildman–Crippen MR) is 98.7 cm³/mol. The molecule has 8 nitrogen and oxygen atoms in total. The van der Waals surface area contributed by atoms with Gasteiger partial charge in [-0.2, -0.15) is 0 Å². The molecule has 1 atom stereocenters. The molecule has 0 aliphatic carbocycles. The molecule has 1 aliphatic rings. The summed E-state index contributed by atoms with van der Waals surface area (Å²) in [5.41, 5.74) is 0.645. The number of hydrogen-bond acceptors (Lipinski definition) is 7. The third-order valence-electron chi connectivity index (χ3n) is 3.89. The molecule has 2 aromatic rings. The van der Waals surface area contributed by atoms with Crippen LogP contribution < -0.4 is 15.4 Å². The van der Waals surface area contributed by atoms with Crippen LogP contribution in [0.1, 0.15) is 16.9 Å². The van der Waals surface area contributed by atoms with Crippen LogP contribution in [-0.4, -0.2) is 49.0 Å². The van der Waals surface area contributed by atoms with Crippen LogP contribution in [0.15, 0.2) is 30.6 Å². The molecule has 0 radical (unpaired) electrons. The maximum Gasteiger partial charge on any atom is 0.274 e. The van der Waals surface area contributed by atoms with E-state index in [0.29, 0.717) is 28.7 Å². The van der Waals surface area contributed by atoms with Crippen LogP contribution in [0.4, 0.5) is 11.5 Å². The molecule has 1 aromatic heterocycles. The Hall–Kier alpha value is -2.39. The number of anilines is 2. The van der Waals surface area contributed by atoms with E-state index in [0.717, 1.165) is 0 Å². The summed E-state index contributed by atoms with van der Waals surface area (Å²) in [4.78, 5) is 20.4.